The number of halogens is 1. The first-order valence-corrected chi connectivity index (χ1v) is 13.8. The van der Waals surface area contributed by atoms with Gasteiger partial charge in [-0.1, -0.05) is 53.5 Å². The fraction of sp³-hybridized carbons (Fsp3) is 0.370. The summed E-state index contributed by atoms with van der Waals surface area (Å²) >= 11 is 0. The van der Waals surface area contributed by atoms with Gasteiger partial charge in [0.05, 0.1) is 16.6 Å². The van der Waals surface area contributed by atoms with Crippen LogP contribution in [0.15, 0.2) is 41.2 Å². The van der Waals surface area contributed by atoms with E-state index >= 15 is 0 Å². The van der Waals surface area contributed by atoms with E-state index in [0.29, 0.717) is 38.7 Å². The molecule has 0 unspecified atom stereocenters. The van der Waals surface area contributed by atoms with Crippen LogP contribution in [0, 0.1) is 17.3 Å². The van der Waals surface area contributed by atoms with Crippen molar-refractivity contribution in [3.05, 3.63) is 75.0 Å². The highest BCUT2D eigenvalue weighted by Gasteiger charge is 2.41. The molecule has 0 amide bonds. The van der Waals surface area contributed by atoms with E-state index in [1.54, 1.807) is 6.07 Å². The van der Waals surface area contributed by atoms with E-state index in [9.17, 15) is 19.1 Å². The first-order valence-electron chi connectivity index (χ1n) is 11.5. The molecule has 34 heavy (non-hydrogen) atoms. The molecule has 0 spiro atoms. The van der Waals surface area contributed by atoms with Gasteiger partial charge in [-0.05, 0) is 52.5 Å². The first-order chi connectivity index (χ1) is 16.0. The lowest BCUT2D eigenvalue weighted by Crippen LogP contribution is -2.43. The van der Waals surface area contributed by atoms with E-state index in [1.807, 2.05) is 12.1 Å². The van der Waals surface area contributed by atoms with E-state index in [-0.39, 0.29) is 12.0 Å². The van der Waals surface area contributed by atoms with Gasteiger partial charge in [0.1, 0.15) is 13.9 Å². The Morgan fingerprint density at radius 3 is 2.26 bits per heavy atom. The van der Waals surface area contributed by atoms with Gasteiger partial charge in [-0.2, -0.15) is 5.10 Å². The van der Waals surface area contributed by atoms with Crippen LogP contribution >= 0.6 is 0 Å². The number of carbonyl (C=O) groups is 1. The molecule has 7 heteroatoms. The maximum absolute atomic E-state index is 13.8. The number of nitrogens with zero attached hydrogens (tertiary/aromatic N) is 1. The zero-order valence-corrected chi connectivity index (χ0v) is 21.5. The minimum absolute atomic E-state index is 0.243. The van der Waals surface area contributed by atoms with Gasteiger partial charge in [0.15, 0.2) is 0 Å². The number of fused-ring (bicyclic) bond motifs is 1. The molecule has 1 aromatic heterocycles. The molecular formula is C27H31FN2O3Si. The van der Waals surface area contributed by atoms with Crippen LogP contribution in [0.25, 0.3) is 10.8 Å². The predicted molar refractivity (Wildman–Crippen MR) is 136 cm³/mol. The fourth-order valence-corrected chi connectivity index (χ4v) is 10.3. The molecule has 0 radical (unpaired) electrons. The quantitative estimate of drug-likeness (QED) is 0.340. The number of nitrogens with one attached hydrogen (secondary N) is 1. The van der Waals surface area contributed by atoms with Crippen molar-refractivity contribution < 1.29 is 14.3 Å². The third-order valence-electron chi connectivity index (χ3n) is 6.79. The number of rotatable bonds is 6. The third-order valence-corrected chi connectivity index (χ3v) is 13.1. The van der Waals surface area contributed by atoms with E-state index in [2.05, 4.69) is 63.2 Å². The minimum atomic E-state index is -1.92. The van der Waals surface area contributed by atoms with Gasteiger partial charge in [-0.15, -0.1) is 5.54 Å². The SMILES string of the molecule is CC(C)[Si](C#Cc1ccc2c(=O)[nH]nc(Cc3ccc(F)c(C(=O)O)c3)c2c1)(C(C)C)C(C)C. The number of aromatic carboxylic acids is 1. The number of hydrogen-bond acceptors (Lipinski definition) is 3. The smallest absolute Gasteiger partial charge is 0.338 e. The van der Waals surface area contributed by atoms with Crippen molar-refractivity contribution in [1.82, 2.24) is 10.2 Å². The summed E-state index contributed by atoms with van der Waals surface area (Å²) in [5, 5.41) is 17.1. The summed E-state index contributed by atoms with van der Waals surface area (Å²) in [4.78, 5) is 23.7. The highest BCUT2D eigenvalue weighted by molar-refractivity contribution is 6.90. The monoisotopic (exact) mass is 478 g/mol. The van der Waals surface area contributed by atoms with Crippen molar-refractivity contribution in [3.8, 4) is 11.5 Å². The molecule has 0 bridgehead atoms. The standard InChI is InChI=1S/C27H31FN2O3Si/c1-16(2)34(17(3)4,18(5)6)12-11-19-7-9-21-22(13-19)25(29-30-26(21)31)15-20-8-10-24(28)23(14-20)27(32)33/h7-10,13-14,16-18H,15H2,1-6H3,(H,30,31)(H,32,33). The average molecular weight is 479 g/mol. The Hall–Kier alpha value is -3.24. The molecule has 0 fully saturated rings. The average Bonchev–Trinajstić information content (AvgIpc) is 2.76. The maximum Gasteiger partial charge on any atom is 0.338 e. The Kier molecular flexibility index (Phi) is 7.42. The molecule has 3 rings (SSSR count). The van der Waals surface area contributed by atoms with Crippen molar-refractivity contribution in [3.63, 3.8) is 0 Å². The summed E-state index contributed by atoms with van der Waals surface area (Å²) in [5.74, 6) is 1.29. The lowest BCUT2D eigenvalue weighted by molar-refractivity contribution is 0.0691. The van der Waals surface area contributed by atoms with Gasteiger partial charge in [0, 0.05) is 17.4 Å². The Bertz CT molecular complexity index is 1330. The number of aromatic amines is 1. The highest BCUT2D eigenvalue weighted by atomic mass is 28.3. The fourth-order valence-electron chi connectivity index (χ4n) is 5.09. The molecule has 0 aliphatic rings. The van der Waals surface area contributed by atoms with Crippen LogP contribution in [0.1, 0.15) is 68.7 Å². The Morgan fingerprint density at radius 2 is 1.68 bits per heavy atom. The lowest BCUT2D eigenvalue weighted by atomic mass is 10.0. The molecule has 178 valence electrons. The molecule has 3 aromatic rings. The molecule has 0 saturated carbocycles. The normalized spacial score (nSPS) is 11.8. The zero-order chi connectivity index (χ0) is 25.2. The van der Waals surface area contributed by atoms with Gasteiger partial charge < -0.3 is 5.11 Å². The zero-order valence-electron chi connectivity index (χ0n) is 20.5. The summed E-state index contributed by atoms with van der Waals surface area (Å²) in [6.07, 6.45) is 0.243. The summed E-state index contributed by atoms with van der Waals surface area (Å²) in [7, 11) is -1.92. The topological polar surface area (TPSA) is 83.0 Å². The number of benzene rings is 2. The second kappa shape index (κ2) is 9.94. The van der Waals surface area contributed by atoms with Gasteiger partial charge in [0.2, 0.25) is 0 Å². The van der Waals surface area contributed by atoms with Crippen LogP contribution in [0.3, 0.4) is 0 Å². The molecule has 2 aromatic carbocycles. The predicted octanol–water partition coefficient (Wildman–Crippen LogP) is 5.92. The van der Waals surface area contributed by atoms with E-state index < -0.39 is 25.4 Å². The van der Waals surface area contributed by atoms with Gasteiger partial charge in [-0.3, -0.25) is 4.79 Å². The van der Waals surface area contributed by atoms with Crippen molar-refractivity contribution in [2.24, 2.45) is 0 Å². The Labute approximate surface area is 200 Å². The number of carboxylic acids is 1. The Morgan fingerprint density at radius 1 is 1.03 bits per heavy atom. The van der Waals surface area contributed by atoms with Crippen molar-refractivity contribution >= 4 is 24.8 Å². The number of hydrogen-bond donors (Lipinski definition) is 2. The molecule has 0 aliphatic carbocycles. The van der Waals surface area contributed by atoms with Crippen molar-refractivity contribution in [2.45, 2.75) is 64.6 Å². The highest BCUT2D eigenvalue weighted by Crippen LogP contribution is 2.40. The van der Waals surface area contributed by atoms with Crippen molar-refractivity contribution in [2.75, 3.05) is 0 Å². The molecule has 0 saturated heterocycles. The van der Waals surface area contributed by atoms with Crippen LogP contribution in [0.5, 0.6) is 0 Å². The van der Waals surface area contributed by atoms with Crippen LogP contribution in [0.4, 0.5) is 4.39 Å². The first kappa shape index (κ1) is 25.4. The molecule has 2 N–H and O–H groups in total. The summed E-state index contributed by atoms with van der Waals surface area (Å²) < 4.78 is 13.8. The molecular weight excluding hydrogens is 447 g/mol. The molecule has 5 nitrogen and oxygen atoms in total. The number of aromatic nitrogens is 2. The Balaban J connectivity index is 2.11. The van der Waals surface area contributed by atoms with Crippen molar-refractivity contribution in [1.29, 1.82) is 0 Å². The molecule has 0 atom stereocenters. The van der Waals surface area contributed by atoms with Crippen LogP contribution in [-0.4, -0.2) is 29.3 Å². The molecule has 1 heterocycles. The van der Waals surface area contributed by atoms with Crippen LogP contribution < -0.4 is 5.56 Å². The van der Waals surface area contributed by atoms with Gasteiger partial charge in [-0.25, -0.2) is 14.3 Å². The number of carboxylic acid groups (broad SMARTS) is 1. The van der Waals surface area contributed by atoms with E-state index in [1.165, 1.54) is 12.1 Å². The van der Waals surface area contributed by atoms with E-state index in [4.69, 9.17) is 0 Å². The second-order valence-electron chi connectivity index (χ2n) is 9.70. The van der Waals surface area contributed by atoms with E-state index in [0.717, 1.165) is 11.6 Å². The molecule has 0 aliphatic heterocycles. The maximum atomic E-state index is 13.8. The number of H-pyrrole nitrogens is 1. The summed E-state index contributed by atoms with van der Waals surface area (Å²) in [6.45, 7) is 13.6. The van der Waals surface area contributed by atoms with Gasteiger partial charge >= 0.3 is 5.97 Å². The lowest BCUT2D eigenvalue weighted by Gasteiger charge is -2.38. The third kappa shape index (κ3) is 4.83. The largest absolute Gasteiger partial charge is 0.478 e. The summed E-state index contributed by atoms with van der Waals surface area (Å²) in [6, 6.07) is 9.44. The minimum Gasteiger partial charge on any atom is -0.478 e. The van der Waals surface area contributed by atoms with Crippen LogP contribution in [-0.2, 0) is 6.42 Å². The van der Waals surface area contributed by atoms with Gasteiger partial charge in [0.25, 0.3) is 5.56 Å². The van der Waals surface area contributed by atoms with Crippen LogP contribution in [0.2, 0.25) is 16.6 Å². The summed E-state index contributed by atoms with van der Waals surface area (Å²) in [5.41, 5.74) is 6.47. The second-order valence-corrected chi connectivity index (χ2v) is 15.3.